The maximum Gasteiger partial charge on any atom is -0.0144 e. The highest BCUT2D eigenvalue weighted by Crippen LogP contribution is 1.94. The van der Waals surface area contributed by atoms with Gasteiger partial charge < -0.3 is 0 Å². The summed E-state index contributed by atoms with van der Waals surface area (Å²) < 4.78 is 0. The maximum absolute atomic E-state index is 3.74. The van der Waals surface area contributed by atoms with Crippen molar-refractivity contribution in [2.75, 3.05) is 0 Å². The molecule has 7 heavy (non-hydrogen) atoms. The van der Waals surface area contributed by atoms with E-state index in [0.29, 0.717) is 0 Å². The Bertz CT molecular complexity index is 78.0. The van der Waals surface area contributed by atoms with Crippen molar-refractivity contribution in [2.24, 2.45) is 0 Å². The Kier molecular flexibility index (Phi) is 3.39. The highest BCUT2D eigenvalue weighted by atomic mass is 13.8. The largest absolute Gasteiger partial charge is 0.0998 e. The van der Waals surface area contributed by atoms with Gasteiger partial charge in [-0.3, -0.25) is 0 Å². The first kappa shape index (κ1) is 6.48. The molecule has 0 radical (unpaired) electrons. The maximum atomic E-state index is 3.74. The van der Waals surface area contributed by atoms with Gasteiger partial charge in [-0.05, 0) is 20.3 Å². The van der Waals surface area contributed by atoms with Gasteiger partial charge in [-0.1, -0.05) is 24.3 Å². The molecule has 0 aliphatic rings. The standard InChI is InChI=1S/C7H12/c1-4-5-6-7(2)3/h4-5H,2,6H2,1,3H3/b5-4-. The molecule has 0 nitrogen and oxygen atoms in total. The summed E-state index contributed by atoms with van der Waals surface area (Å²) in [6.45, 7) is 7.79. The topological polar surface area (TPSA) is 0 Å². The molecule has 0 heteroatoms. The zero-order valence-electron chi connectivity index (χ0n) is 5.07. The molecule has 0 spiro atoms. The Morgan fingerprint density at radius 1 is 1.71 bits per heavy atom. The Morgan fingerprint density at radius 3 is 2.43 bits per heavy atom. The molecule has 0 aromatic carbocycles. The fourth-order valence-corrected chi connectivity index (χ4v) is 0.319. The summed E-state index contributed by atoms with van der Waals surface area (Å²) in [5.41, 5.74) is 1.22. The number of hydrogen-bond donors (Lipinski definition) is 0. The van der Waals surface area contributed by atoms with Crippen LogP contribution in [0.3, 0.4) is 0 Å². The first-order valence-electron chi connectivity index (χ1n) is 2.53. The number of hydrogen-bond acceptors (Lipinski definition) is 0. The number of rotatable bonds is 2. The zero-order valence-corrected chi connectivity index (χ0v) is 5.07. The van der Waals surface area contributed by atoms with Crippen LogP contribution in [0, 0.1) is 0 Å². The summed E-state index contributed by atoms with van der Waals surface area (Å²) in [4.78, 5) is 0. The van der Waals surface area contributed by atoms with Gasteiger partial charge in [-0.2, -0.15) is 0 Å². The predicted molar refractivity (Wildman–Crippen MR) is 34.2 cm³/mol. The second-order valence-corrected chi connectivity index (χ2v) is 1.73. The van der Waals surface area contributed by atoms with Crippen molar-refractivity contribution >= 4 is 0 Å². The minimum absolute atomic E-state index is 1.02. The molecule has 0 aromatic rings. The smallest absolute Gasteiger partial charge is 0.0144 e. The van der Waals surface area contributed by atoms with Crippen LogP contribution in [0.15, 0.2) is 24.3 Å². The third-order valence-corrected chi connectivity index (χ3v) is 0.702. The van der Waals surface area contributed by atoms with Crippen molar-refractivity contribution in [1.82, 2.24) is 0 Å². The third kappa shape index (κ3) is 5.48. The minimum Gasteiger partial charge on any atom is -0.0998 e. The second-order valence-electron chi connectivity index (χ2n) is 1.73. The molecule has 0 rings (SSSR count). The summed E-state index contributed by atoms with van der Waals surface area (Å²) >= 11 is 0. The molecule has 0 atom stereocenters. The van der Waals surface area contributed by atoms with E-state index >= 15 is 0 Å². The van der Waals surface area contributed by atoms with Gasteiger partial charge in [0.05, 0.1) is 0 Å². The Balaban J connectivity index is 3.14. The minimum atomic E-state index is 1.02. The molecule has 0 amide bonds. The van der Waals surface area contributed by atoms with Crippen LogP contribution in [0.1, 0.15) is 20.3 Å². The van der Waals surface area contributed by atoms with Gasteiger partial charge in [0.15, 0.2) is 0 Å². The first-order valence-corrected chi connectivity index (χ1v) is 2.53. The zero-order chi connectivity index (χ0) is 5.70. The van der Waals surface area contributed by atoms with Crippen molar-refractivity contribution in [1.29, 1.82) is 0 Å². The molecule has 0 aromatic heterocycles. The predicted octanol–water partition coefficient (Wildman–Crippen LogP) is 2.53. The second kappa shape index (κ2) is 3.66. The quantitative estimate of drug-likeness (QED) is 0.463. The summed E-state index contributed by atoms with van der Waals surface area (Å²) in [5.74, 6) is 0. The fraction of sp³-hybridized carbons (Fsp3) is 0.429. The van der Waals surface area contributed by atoms with Crippen LogP contribution in [0.25, 0.3) is 0 Å². The van der Waals surface area contributed by atoms with Gasteiger partial charge >= 0.3 is 0 Å². The Labute approximate surface area is 45.5 Å². The van der Waals surface area contributed by atoms with E-state index in [1.54, 1.807) is 0 Å². The fourth-order valence-electron chi connectivity index (χ4n) is 0.319. The molecular formula is C7H12. The molecule has 0 heterocycles. The van der Waals surface area contributed by atoms with Crippen LogP contribution >= 0.6 is 0 Å². The van der Waals surface area contributed by atoms with Crippen LogP contribution in [0.5, 0.6) is 0 Å². The molecule has 0 fully saturated rings. The van der Waals surface area contributed by atoms with Gasteiger partial charge in [0.25, 0.3) is 0 Å². The third-order valence-electron chi connectivity index (χ3n) is 0.702. The molecule has 0 unspecified atom stereocenters. The van der Waals surface area contributed by atoms with Crippen LogP contribution in [-0.4, -0.2) is 0 Å². The number of allylic oxidation sites excluding steroid dienone is 3. The van der Waals surface area contributed by atoms with Crippen molar-refractivity contribution in [3.05, 3.63) is 24.3 Å². The normalized spacial score (nSPS) is 10.0. The molecule has 0 saturated heterocycles. The molecule has 0 bridgehead atoms. The van der Waals surface area contributed by atoms with Crippen molar-refractivity contribution < 1.29 is 0 Å². The van der Waals surface area contributed by atoms with Gasteiger partial charge in [0, 0.05) is 0 Å². The van der Waals surface area contributed by atoms with Crippen molar-refractivity contribution in [3.63, 3.8) is 0 Å². The summed E-state index contributed by atoms with van der Waals surface area (Å²) in [7, 11) is 0. The van der Waals surface area contributed by atoms with Gasteiger partial charge in [0.1, 0.15) is 0 Å². The van der Waals surface area contributed by atoms with Crippen LogP contribution in [-0.2, 0) is 0 Å². The van der Waals surface area contributed by atoms with Crippen LogP contribution in [0.4, 0.5) is 0 Å². The average molecular weight is 96.2 g/mol. The van der Waals surface area contributed by atoms with Crippen molar-refractivity contribution in [3.8, 4) is 0 Å². The lowest BCUT2D eigenvalue weighted by atomic mass is 10.2. The lowest BCUT2D eigenvalue weighted by molar-refractivity contribution is 1.22. The van der Waals surface area contributed by atoms with Gasteiger partial charge in [0.2, 0.25) is 0 Å². The summed E-state index contributed by atoms with van der Waals surface area (Å²) in [5, 5.41) is 0. The van der Waals surface area contributed by atoms with E-state index in [1.807, 2.05) is 19.9 Å². The van der Waals surface area contributed by atoms with E-state index < -0.39 is 0 Å². The monoisotopic (exact) mass is 96.1 g/mol. The Morgan fingerprint density at radius 2 is 2.29 bits per heavy atom. The molecular weight excluding hydrogens is 84.1 g/mol. The lowest BCUT2D eigenvalue weighted by Crippen LogP contribution is -1.63. The van der Waals surface area contributed by atoms with Crippen LogP contribution in [0.2, 0.25) is 0 Å². The summed E-state index contributed by atoms with van der Waals surface area (Å²) in [6.07, 6.45) is 5.16. The van der Waals surface area contributed by atoms with E-state index in [1.165, 1.54) is 5.57 Å². The van der Waals surface area contributed by atoms with Gasteiger partial charge in [-0.15, -0.1) is 0 Å². The molecule has 0 N–H and O–H groups in total. The highest BCUT2D eigenvalue weighted by Gasteiger charge is 1.73. The lowest BCUT2D eigenvalue weighted by Gasteiger charge is -1.84. The van der Waals surface area contributed by atoms with Gasteiger partial charge in [-0.25, -0.2) is 0 Å². The van der Waals surface area contributed by atoms with E-state index in [4.69, 9.17) is 0 Å². The molecule has 40 valence electrons. The average Bonchev–Trinajstić information content (AvgIpc) is 1.61. The Hall–Kier alpha value is -0.520. The van der Waals surface area contributed by atoms with E-state index in [0.717, 1.165) is 6.42 Å². The van der Waals surface area contributed by atoms with E-state index in [9.17, 15) is 0 Å². The first-order chi connectivity index (χ1) is 3.27. The molecule has 0 aliphatic carbocycles. The summed E-state index contributed by atoms with van der Waals surface area (Å²) in [6, 6.07) is 0. The SMILES string of the molecule is C=C(C)C/C=C\C. The van der Waals surface area contributed by atoms with E-state index in [2.05, 4.69) is 12.7 Å². The molecule has 0 saturated carbocycles. The van der Waals surface area contributed by atoms with E-state index in [-0.39, 0.29) is 0 Å². The van der Waals surface area contributed by atoms with Crippen molar-refractivity contribution in [2.45, 2.75) is 20.3 Å². The van der Waals surface area contributed by atoms with Crippen LogP contribution < -0.4 is 0 Å². The highest BCUT2D eigenvalue weighted by molar-refractivity contribution is 4.97. The molecule has 0 aliphatic heterocycles.